The Kier molecular flexibility index (Phi) is 6.78. The SMILES string of the molecule is CC1C=CC(NC(=O)OCc2ccccc2)C(OC(C)C(C)O)O1. The minimum Gasteiger partial charge on any atom is -0.445 e. The second-order valence-corrected chi connectivity index (χ2v) is 5.91. The molecule has 1 aliphatic rings. The van der Waals surface area contributed by atoms with Crippen LogP contribution in [0.2, 0.25) is 0 Å². The maximum atomic E-state index is 12.0. The van der Waals surface area contributed by atoms with E-state index in [9.17, 15) is 9.90 Å². The lowest BCUT2D eigenvalue weighted by Gasteiger charge is -2.33. The van der Waals surface area contributed by atoms with Gasteiger partial charge < -0.3 is 24.6 Å². The van der Waals surface area contributed by atoms with Gasteiger partial charge in [0.25, 0.3) is 0 Å². The van der Waals surface area contributed by atoms with Crippen molar-refractivity contribution in [1.29, 1.82) is 0 Å². The summed E-state index contributed by atoms with van der Waals surface area (Å²) in [5.41, 5.74) is 0.909. The first-order valence-corrected chi connectivity index (χ1v) is 8.10. The van der Waals surface area contributed by atoms with Crippen LogP contribution in [0.1, 0.15) is 26.3 Å². The smallest absolute Gasteiger partial charge is 0.408 e. The molecule has 0 aliphatic carbocycles. The molecule has 0 saturated heterocycles. The lowest BCUT2D eigenvalue weighted by molar-refractivity contribution is -0.206. The Morgan fingerprint density at radius 2 is 2.00 bits per heavy atom. The summed E-state index contributed by atoms with van der Waals surface area (Å²) in [7, 11) is 0. The van der Waals surface area contributed by atoms with Gasteiger partial charge in [-0.15, -0.1) is 0 Å². The molecule has 24 heavy (non-hydrogen) atoms. The largest absolute Gasteiger partial charge is 0.445 e. The first-order chi connectivity index (χ1) is 11.5. The quantitative estimate of drug-likeness (QED) is 0.781. The van der Waals surface area contributed by atoms with E-state index in [0.717, 1.165) is 5.56 Å². The summed E-state index contributed by atoms with van der Waals surface area (Å²) >= 11 is 0. The Labute approximate surface area is 142 Å². The van der Waals surface area contributed by atoms with Crippen molar-refractivity contribution in [3.8, 4) is 0 Å². The van der Waals surface area contributed by atoms with E-state index in [1.54, 1.807) is 13.8 Å². The third kappa shape index (κ3) is 5.63. The molecule has 5 atom stereocenters. The van der Waals surface area contributed by atoms with Gasteiger partial charge in [0.05, 0.1) is 18.3 Å². The zero-order valence-electron chi connectivity index (χ0n) is 14.2. The number of alkyl carbamates (subject to hydrolysis) is 1. The summed E-state index contributed by atoms with van der Waals surface area (Å²) in [5.74, 6) is 0. The first-order valence-electron chi connectivity index (χ1n) is 8.10. The predicted octanol–water partition coefficient (Wildman–Crippen LogP) is 2.37. The van der Waals surface area contributed by atoms with E-state index >= 15 is 0 Å². The minimum absolute atomic E-state index is 0.130. The number of nitrogens with one attached hydrogen (secondary N) is 1. The molecular formula is C18H25NO5. The summed E-state index contributed by atoms with van der Waals surface area (Å²) < 4.78 is 16.6. The molecule has 6 heteroatoms. The average molecular weight is 335 g/mol. The number of ether oxygens (including phenoxy) is 3. The van der Waals surface area contributed by atoms with Gasteiger partial charge in [-0.3, -0.25) is 0 Å². The van der Waals surface area contributed by atoms with Gasteiger partial charge in [-0.2, -0.15) is 0 Å². The number of hydrogen-bond donors (Lipinski definition) is 2. The van der Waals surface area contributed by atoms with Crippen molar-refractivity contribution < 1.29 is 24.1 Å². The molecule has 0 bridgehead atoms. The van der Waals surface area contributed by atoms with E-state index in [4.69, 9.17) is 14.2 Å². The third-order valence-corrected chi connectivity index (χ3v) is 3.76. The second kappa shape index (κ2) is 8.82. The van der Waals surface area contributed by atoms with Gasteiger partial charge >= 0.3 is 6.09 Å². The van der Waals surface area contributed by atoms with E-state index < -0.39 is 30.6 Å². The molecule has 2 rings (SSSR count). The summed E-state index contributed by atoms with van der Waals surface area (Å²) in [6.07, 6.45) is 1.24. The van der Waals surface area contributed by atoms with Crippen LogP contribution < -0.4 is 5.32 Å². The molecule has 1 aromatic rings. The van der Waals surface area contributed by atoms with Crippen LogP contribution in [-0.2, 0) is 20.8 Å². The van der Waals surface area contributed by atoms with Crippen molar-refractivity contribution in [2.24, 2.45) is 0 Å². The number of hydrogen-bond acceptors (Lipinski definition) is 5. The second-order valence-electron chi connectivity index (χ2n) is 5.91. The number of aliphatic hydroxyl groups is 1. The van der Waals surface area contributed by atoms with Crippen molar-refractivity contribution >= 4 is 6.09 Å². The molecule has 1 amide bonds. The van der Waals surface area contributed by atoms with E-state index in [0.29, 0.717) is 0 Å². The number of benzene rings is 1. The number of amides is 1. The standard InChI is InChI=1S/C18H25NO5/c1-12-9-10-16(17(23-12)24-14(3)13(2)20)19-18(21)22-11-15-7-5-4-6-8-15/h4-10,12-14,16-17,20H,11H2,1-3H3,(H,19,21). The molecule has 132 valence electrons. The Hall–Kier alpha value is -1.89. The van der Waals surface area contributed by atoms with Crippen LogP contribution in [0.25, 0.3) is 0 Å². The van der Waals surface area contributed by atoms with Crippen LogP contribution in [0.3, 0.4) is 0 Å². The number of aliphatic hydroxyl groups excluding tert-OH is 1. The minimum atomic E-state index is -0.682. The van der Waals surface area contributed by atoms with Crippen molar-refractivity contribution in [1.82, 2.24) is 5.32 Å². The van der Waals surface area contributed by atoms with Crippen molar-refractivity contribution in [3.05, 3.63) is 48.0 Å². The molecule has 6 nitrogen and oxygen atoms in total. The molecule has 0 fully saturated rings. The highest BCUT2D eigenvalue weighted by molar-refractivity contribution is 5.68. The van der Waals surface area contributed by atoms with Crippen LogP contribution in [0.5, 0.6) is 0 Å². The summed E-state index contributed by atoms with van der Waals surface area (Å²) in [6.45, 7) is 5.46. The molecule has 1 aromatic carbocycles. The van der Waals surface area contributed by atoms with Crippen LogP contribution in [0, 0.1) is 0 Å². The lowest BCUT2D eigenvalue weighted by Crippen LogP contribution is -2.49. The summed E-state index contributed by atoms with van der Waals surface area (Å²) in [4.78, 5) is 12.0. The van der Waals surface area contributed by atoms with Gasteiger partial charge in [0.15, 0.2) is 6.29 Å². The fraction of sp³-hybridized carbons (Fsp3) is 0.500. The van der Waals surface area contributed by atoms with E-state index in [1.165, 1.54) is 0 Å². The molecule has 0 spiro atoms. The maximum absolute atomic E-state index is 12.0. The molecule has 2 N–H and O–H groups in total. The maximum Gasteiger partial charge on any atom is 0.408 e. The highest BCUT2D eigenvalue weighted by Crippen LogP contribution is 2.17. The van der Waals surface area contributed by atoms with Crippen LogP contribution in [0.4, 0.5) is 4.79 Å². The van der Waals surface area contributed by atoms with Crippen molar-refractivity contribution in [2.45, 2.75) is 58.0 Å². The van der Waals surface area contributed by atoms with Gasteiger partial charge in [0.2, 0.25) is 0 Å². The molecule has 5 unspecified atom stereocenters. The van der Waals surface area contributed by atoms with Crippen LogP contribution >= 0.6 is 0 Å². The van der Waals surface area contributed by atoms with Gasteiger partial charge in [-0.1, -0.05) is 42.5 Å². The highest BCUT2D eigenvalue weighted by Gasteiger charge is 2.30. The zero-order chi connectivity index (χ0) is 17.5. The molecular weight excluding hydrogens is 310 g/mol. The fourth-order valence-corrected chi connectivity index (χ4v) is 2.17. The number of carbonyl (C=O) groups excluding carboxylic acids is 1. The van der Waals surface area contributed by atoms with Crippen LogP contribution in [0.15, 0.2) is 42.5 Å². The molecule has 0 radical (unpaired) electrons. The lowest BCUT2D eigenvalue weighted by atomic mass is 10.1. The third-order valence-electron chi connectivity index (χ3n) is 3.76. The Bertz CT molecular complexity index is 546. The topological polar surface area (TPSA) is 77.0 Å². The van der Waals surface area contributed by atoms with E-state index in [2.05, 4.69) is 5.32 Å². The number of carbonyl (C=O) groups is 1. The molecule has 1 heterocycles. The predicted molar refractivity (Wildman–Crippen MR) is 89.3 cm³/mol. The van der Waals surface area contributed by atoms with Gasteiger partial charge in [-0.25, -0.2) is 4.79 Å². The van der Waals surface area contributed by atoms with Gasteiger partial charge in [-0.05, 0) is 26.3 Å². The van der Waals surface area contributed by atoms with E-state index in [1.807, 2.05) is 49.4 Å². The highest BCUT2D eigenvalue weighted by atomic mass is 16.7. The Balaban J connectivity index is 1.89. The molecule has 0 saturated carbocycles. The van der Waals surface area contributed by atoms with Crippen molar-refractivity contribution in [3.63, 3.8) is 0 Å². The first kappa shape index (κ1) is 18.4. The van der Waals surface area contributed by atoms with E-state index in [-0.39, 0.29) is 12.7 Å². The van der Waals surface area contributed by atoms with Crippen LogP contribution in [-0.4, -0.2) is 41.8 Å². The summed E-state index contributed by atoms with van der Waals surface area (Å²) in [6, 6.07) is 8.96. The van der Waals surface area contributed by atoms with Gasteiger partial charge in [0.1, 0.15) is 12.6 Å². The Morgan fingerprint density at radius 1 is 1.29 bits per heavy atom. The van der Waals surface area contributed by atoms with Gasteiger partial charge in [0, 0.05) is 0 Å². The normalized spacial score (nSPS) is 25.8. The Morgan fingerprint density at radius 3 is 2.67 bits per heavy atom. The average Bonchev–Trinajstić information content (AvgIpc) is 2.56. The number of rotatable bonds is 6. The monoisotopic (exact) mass is 335 g/mol. The van der Waals surface area contributed by atoms with Crippen molar-refractivity contribution in [2.75, 3.05) is 0 Å². The molecule has 1 aliphatic heterocycles. The summed E-state index contributed by atoms with van der Waals surface area (Å²) in [5, 5.41) is 12.3. The molecule has 0 aromatic heterocycles. The fourth-order valence-electron chi connectivity index (χ4n) is 2.17. The zero-order valence-corrected chi connectivity index (χ0v) is 14.2.